The summed E-state index contributed by atoms with van der Waals surface area (Å²) in [5.41, 5.74) is 16.5. The first kappa shape index (κ1) is 12.3. The number of rotatable bonds is 6. The Morgan fingerprint density at radius 2 is 1.92 bits per heavy atom. The number of carbonyl (C=O) groups is 1. The topological polar surface area (TPSA) is 104 Å². The molecule has 0 saturated heterocycles. The van der Waals surface area contributed by atoms with E-state index in [1.54, 1.807) is 0 Å². The molecule has 2 atom stereocenters. The molecule has 0 radical (unpaired) electrons. The van der Waals surface area contributed by atoms with Gasteiger partial charge >= 0.3 is 5.97 Å². The second-order valence-corrected chi connectivity index (χ2v) is 3.04. The van der Waals surface area contributed by atoms with Crippen LogP contribution in [0.25, 0.3) is 0 Å². The fourth-order valence-corrected chi connectivity index (χ4v) is 1.02. The summed E-state index contributed by atoms with van der Waals surface area (Å²) in [4.78, 5) is 10.9. The van der Waals surface area contributed by atoms with Gasteiger partial charge in [0.05, 0.1) is 7.11 Å². The number of hydrogen-bond acceptors (Lipinski definition) is 5. The van der Waals surface area contributed by atoms with Crippen LogP contribution in [0.5, 0.6) is 0 Å². The van der Waals surface area contributed by atoms with Crippen molar-refractivity contribution in [2.45, 2.75) is 31.3 Å². The van der Waals surface area contributed by atoms with Gasteiger partial charge in [0.25, 0.3) is 0 Å². The lowest BCUT2D eigenvalue weighted by Crippen LogP contribution is -2.34. The molecule has 0 heterocycles. The van der Waals surface area contributed by atoms with Crippen molar-refractivity contribution in [2.24, 2.45) is 17.2 Å². The van der Waals surface area contributed by atoms with Gasteiger partial charge in [-0.3, -0.25) is 4.79 Å². The van der Waals surface area contributed by atoms with E-state index in [2.05, 4.69) is 4.74 Å². The van der Waals surface area contributed by atoms with Gasteiger partial charge in [-0.05, 0) is 25.8 Å². The number of ether oxygens (including phenoxy) is 1. The van der Waals surface area contributed by atoms with Crippen LogP contribution in [0.2, 0.25) is 0 Å². The van der Waals surface area contributed by atoms with E-state index in [9.17, 15) is 4.79 Å². The number of methoxy groups -OCH3 is 1. The molecule has 0 aromatic carbocycles. The fourth-order valence-electron chi connectivity index (χ4n) is 1.02. The van der Waals surface area contributed by atoms with Crippen molar-refractivity contribution in [3.63, 3.8) is 0 Å². The summed E-state index contributed by atoms with van der Waals surface area (Å²) in [6.45, 7) is 0.564. The maximum absolute atomic E-state index is 10.9. The SMILES string of the molecule is COC(=O)C(N)CCC(N)CCN. The van der Waals surface area contributed by atoms with Gasteiger partial charge < -0.3 is 21.9 Å². The Morgan fingerprint density at radius 3 is 2.38 bits per heavy atom. The molecule has 0 spiro atoms. The number of hydrogen-bond donors (Lipinski definition) is 3. The minimum atomic E-state index is -0.561. The number of nitrogens with two attached hydrogens (primary N) is 3. The van der Waals surface area contributed by atoms with Crippen molar-refractivity contribution in [3.05, 3.63) is 0 Å². The molecule has 0 aliphatic rings. The second-order valence-electron chi connectivity index (χ2n) is 3.04. The van der Waals surface area contributed by atoms with Crippen LogP contribution >= 0.6 is 0 Å². The van der Waals surface area contributed by atoms with E-state index in [-0.39, 0.29) is 12.0 Å². The standard InChI is InChI=1S/C8H19N3O2/c1-13-8(12)7(11)3-2-6(10)4-5-9/h6-7H,2-5,9-11H2,1H3. The maximum atomic E-state index is 10.9. The molecule has 0 rings (SSSR count). The van der Waals surface area contributed by atoms with Crippen molar-refractivity contribution >= 4 is 5.97 Å². The van der Waals surface area contributed by atoms with Crippen molar-refractivity contribution < 1.29 is 9.53 Å². The Bertz CT molecular complexity index is 152. The smallest absolute Gasteiger partial charge is 0.322 e. The molecular weight excluding hydrogens is 170 g/mol. The van der Waals surface area contributed by atoms with Crippen LogP contribution in [0.4, 0.5) is 0 Å². The summed E-state index contributed by atoms with van der Waals surface area (Å²) in [5, 5.41) is 0. The Balaban J connectivity index is 3.56. The van der Waals surface area contributed by atoms with Crippen LogP contribution in [0.1, 0.15) is 19.3 Å². The Morgan fingerprint density at radius 1 is 1.31 bits per heavy atom. The zero-order valence-corrected chi connectivity index (χ0v) is 8.03. The molecule has 0 aromatic rings. The van der Waals surface area contributed by atoms with Gasteiger partial charge in [-0.2, -0.15) is 0 Å². The zero-order valence-electron chi connectivity index (χ0n) is 8.03. The lowest BCUT2D eigenvalue weighted by molar-refractivity contribution is -0.142. The molecule has 0 aliphatic carbocycles. The molecule has 0 amide bonds. The van der Waals surface area contributed by atoms with E-state index in [0.717, 1.165) is 6.42 Å². The highest BCUT2D eigenvalue weighted by Crippen LogP contribution is 2.01. The summed E-state index contributed by atoms with van der Waals surface area (Å²) in [6.07, 6.45) is 2.01. The lowest BCUT2D eigenvalue weighted by Gasteiger charge is -2.13. The van der Waals surface area contributed by atoms with Gasteiger partial charge in [-0.1, -0.05) is 0 Å². The van der Waals surface area contributed by atoms with Crippen LogP contribution in [-0.4, -0.2) is 31.7 Å². The highest BCUT2D eigenvalue weighted by molar-refractivity contribution is 5.75. The molecule has 0 fully saturated rings. The first-order chi connectivity index (χ1) is 6.11. The average molecular weight is 189 g/mol. The third-order valence-electron chi connectivity index (χ3n) is 1.89. The van der Waals surface area contributed by atoms with Crippen LogP contribution in [-0.2, 0) is 9.53 Å². The normalized spacial score (nSPS) is 15.1. The molecule has 13 heavy (non-hydrogen) atoms. The predicted molar refractivity (Wildman–Crippen MR) is 50.9 cm³/mol. The predicted octanol–water partition coefficient (Wildman–Crippen LogP) is -1.06. The molecule has 5 nitrogen and oxygen atoms in total. The van der Waals surface area contributed by atoms with Gasteiger partial charge in [0.1, 0.15) is 6.04 Å². The Kier molecular flexibility index (Phi) is 6.48. The molecular formula is C8H19N3O2. The molecule has 0 bridgehead atoms. The highest BCUT2D eigenvalue weighted by Gasteiger charge is 2.14. The number of esters is 1. The average Bonchev–Trinajstić information content (AvgIpc) is 2.13. The van der Waals surface area contributed by atoms with E-state index in [1.165, 1.54) is 7.11 Å². The molecule has 0 aromatic heterocycles. The number of carbonyl (C=O) groups excluding carboxylic acids is 1. The summed E-state index contributed by atoms with van der Waals surface area (Å²) in [6, 6.07) is -0.533. The molecule has 2 unspecified atom stereocenters. The van der Waals surface area contributed by atoms with Gasteiger partial charge in [-0.25, -0.2) is 0 Å². The van der Waals surface area contributed by atoms with E-state index in [4.69, 9.17) is 17.2 Å². The van der Waals surface area contributed by atoms with Gasteiger partial charge in [0.15, 0.2) is 0 Å². The van der Waals surface area contributed by atoms with E-state index in [1.807, 2.05) is 0 Å². The zero-order chi connectivity index (χ0) is 10.3. The monoisotopic (exact) mass is 189 g/mol. The van der Waals surface area contributed by atoms with Gasteiger partial charge in [0, 0.05) is 6.04 Å². The highest BCUT2D eigenvalue weighted by atomic mass is 16.5. The van der Waals surface area contributed by atoms with E-state index >= 15 is 0 Å². The molecule has 5 heteroatoms. The molecule has 0 aliphatic heterocycles. The fraction of sp³-hybridized carbons (Fsp3) is 0.875. The van der Waals surface area contributed by atoms with Crippen LogP contribution in [0.15, 0.2) is 0 Å². The largest absolute Gasteiger partial charge is 0.468 e. The molecule has 78 valence electrons. The minimum Gasteiger partial charge on any atom is -0.468 e. The van der Waals surface area contributed by atoms with Gasteiger partial charge in [-0.15, -0.1) is 0 Å². The van der Waals surface area contributed by atoms with E-state index in [0.29, 0.717) is 19.4 Å². The maximum Gasteiger partial charge on any atom is 0.322 e. The van der Waals surface area contributed by atoms with Crippen molar-refractivity contribution in [3.8, 4) is 0 Å². The lowest BCUT2D eigenvalue weighted by atomic mass is 10.1. The van der Waals surface area contributed by atoms with Crippen LogP contribution < -0.4 is 17.2 Å². The van der Waals surface area contributed by atoms with Crippen molar-refractivity contribution in [1.29, 1.82) is 0 Å². The summed E-state index contributed by atoms with van der Waals surface area (Å²) >= 11 is 0. The quantitative estimate of drug-likeness (QED) is 0.462. The van der Waals surface area contributed by atoms with Crippen LogP contribution in [0, 0.1) is 0 Å². The Labute approximate surface area is 78.6 Å². The van der Waals surface area contributed by atoms with Crippen molar-refractivity contribution in [2.75, 3.05) is 13.7 Å². The summed E-state index contributed by atoms with van der Waals surface area (Å²) in [7, 11) is 1.32. The first-order valence-corrected chi connectivity index (χ1v) is 4.40. The first-order valence-electron chi connectivity index (χ1n) is 4.40. The Hall–Kier alpha value is -0.650. The summed E-state index contributed by atoms with van der Waals surface area (Å²) in [5.74, 6) is -0.389. The second kappa shape index (κ2) is 6.82. The molecule has 6 N–H and O–H groups in total. The molecule has 0 saturated carbocycles. The van der Waals surface area contributed by atoms with E-state index < -0.39 is 6.04 Å². The van der Waals surface area contributed by atoms with Gasteiger partial charge in [0.2, 0.25) is 0 Å². The minimum absolute atomic E-state index is 0.0284. The third-order valence-corrected chi connectivity index (χ3v) is 1.89. The van der Waals surface area contributed by atoms with Crippen molar-refractivity contribution in [1.82, 2.24) is 0 Å². The third kappa shape index (κ3) is 5.57. The summed E-state index contributed by atoms with van der Waals surface area (Å²) < 4.78 is 4.47. The van der Waals surface area contributed by atoms with Crippen LogP contribution in [0.3, 0.4) is 0 Å².